The van der Waals surface area contributed by atoms with Crippen LogP contribution < -0.4 is 0 Å². The minimum atomic E-state index is -0.956. The van der Waals surface area contributed by atoms with Crippen molar-refractivity contribution in [3.05, 3.63) is 35.9 Å². The largest absolute Gasteiger partial charge is 0.465 e. The Labute approximate surface area is 137 Å². The van der Waals surface area contributed by atoms with E-state index in [1.807, 2.05) is 44.4 Å². The number of benzene rings is 1. The minimum Gasteiger partial charge on any atom is -0.465 e. The summed E-state index contributed by atoms with van der Waals surface area (Å²) < 4.78 is 0. The van der Waals surface area contributed by atoms with E-state index in [2.05, 4.69) is 0 Å². The maximum atomic E-state index is 13.1. The summed E-state index contributed by atoms with van der Waals surface area (Å²) in [6.45, 7) is 0.735. The highest BCUT2D eigenvalue weighted by atomic mass is 16.4. The number of hydrazine groups is 1. The second-order valence-corrected chi connectivity index (χ2v) is 6.43. The fourth-order valence-electron chi connectivity index (χ4n) is 3.20. The summed E-state index contributed by atoms with van der Waals surface area (Å²) in [4.78, 5) is 25.9. The average Bonchev–Trinajstić information content (AvgIpc) is 2.54. The first-order valence-corrected chi connectivity index (χ1v) is 7.83. The number of hydrogen-bond donors (Lipinski definition) is 1. The number of carboxylic acid groups (broad SMARTS) is 1. The lowest BCUT2D eigenvalue weighted by atomic mass is 9.74. The Morgan fingerprint density at radius 1 is 1.22 bits per heavy atom. The molecule has 1 aromatic rings. The Morgan fingerprint density at radius 3 is 2.43 bits per heavy atom. The number of carbonyl (C=O) groups is 2. The van der Waals surface area contributed by atoms with Gasteiger partial charge in [0.25, 0.3) is 0 Å². The van der Waals surface area contributed by atoms with Crippen LogP contribution in [0.2, 0.25) is 0 Å². The monoisotopic (exact) mass is 319 g/mol. The molecule has 1 N–H and O–H groups in total. The first kappa shape index (κ1) is 17.3. The molecule has 23 heavy (non-hydrogen) atoms. The summed E-state index contributed by atoms with van der Waals surface area (Å²) in [7, 11) is 5.35. The third-order valence-corrected chi connectivity index (χ3v) is 4.58. The lowest BCUT2D eigenvalue weighted by Gasteiger charge is -2.43. The summed E-state index contributed by atoms with van der Waals surface area (Å²) in [6.07, 6.45) is 0.992. The summed E-state index contributed by atoms with van der Waals surface area (Å²) in [5.41, 5.74) is 0.344. The Morgan fingerprint density at radius 2 is 1.87 bits per heavy atom. The van der Waals surface area contributed by atoms with E-state index in [-0.39, 0.29) is 12.5 Å². The Balaban J connectivity index is 2.33. The smallest absolute Gasteiger partial charge is 0.407 e. The van der Waals surface area contributed by atoms with E-state index >= 15 is 0 Å². The summed E-state index contributed by atoms with van der Waals surface area (Å²) >= 11 is 0. The van der Waals surface area contributed by atoms with Crippen LogP contribution in [0.4, 0.5) is 4.79 Å². The maximum absolute atomic E-state index is 13.1. The molecule has 6 heteroatoms. The SMILES string of the molecule is CN(C)N(C)C(=O)[C@@]1(Cc2ccccc2)CCCN(C(=O)O)C1. The van der Waals surface area contributed by atoms with Crippen molar-refractivity contribution in [2.45, 2.75) is 19.3 Å². The van der Waals surface area contributed by atoms with E-state index in [4.69, 9.17) is 0 Å². The number of rotatable bonds is 4. The summed E-state index contributed by atoms with van der Waals surface area (Å²) in [5.74, 6) is -0.0303. The Hall–Kier alpha value is -2.08. The van der Waals surface area contributed by atoms with Crippen molar-refractivity contribution in [2.75, 3.05) is 34.2 Å². The molecule has 1 heterocycles. The van der Waals surface area contributed by atoms with Gasteiger partial charge in [-0.2, -0.15) is 0 Å². The Bertz CT molecular complexity index is 561. The van der Waals surface area contributed by atoms with Gasteiger partial charge in [-0.05, 0) is 24.8 Å². The molecule has 1 aliphatic heterocycles. The van der Waals surface area contributed by atoms with Crippen molar-refractivity contribution in [1.29, 1.82) is 0 Å². The molecule has 0 aromatic heterocycles. The molecule has 1 aliphatic rings. The molecular formula is C17H25N3O3. The van der Waals surface area contributed by atoms with Crippen molar-refractivity contribution >= 4 is 12.0 Å². The molecule has 1 atom stereocenters. The zero-order valence-electron chi connectivity index (χ0n) is 14.0. The predicted octanol–water partition coefficient (Wildman–Crippen LogP) is 1.92. The maximum Gasteiger partial charge on any atom is 0.407 e. The quantitative estimate of drug-likeness (QED) is 0.861. The highest BCUT2D eigenvalue weighted by molar-refractivity contribution is 5.83. The van der Waals surface area contributed by atoms with Crippen LogP contribution in [0, 0.1) is 5.41 Å². The first-order valence-electron chi connectivity index (χ1n) is 7.83. The molecule has 126 valence electrons. The molecule has 0 saturated carbocycles. The van der Waals surface area contributed by atoms with Crippen LogP contribution in [-0.4, -0.2) is 66.3 Å². The van der Waals surface area contributed by atoms with Crippen molar-refractivity contribution < 1.29 is 14.7 Å². The van der Waals surface area contributed by atoms with Gasteiger partial charge in [-0.3, -0.25) is 9.80 Å². The van der Waals surface area contributed by atoms with E-state index in [0.717, 1.165) is 5.56 Å². The Kier molecular flexibility index (Phi) is 5.26. The number of hydrogen-bond acceptors (Lipinski definition) is 3. The normalized spacial score (nSPS) is 21.3. The molecule has 6 nitrogen and oxygen atoms in total. The second kappa shape index (κ2) is 7.00. The van der Waals surface area contributed by atoms with Gasteiger partial charge < -0.3 is 10.0 Å². The zero-order chi connectivity index (χ0) is 17.0. The molecule has 1 aromatic carbocycles. The molecule has 2 rings (SSSR count). The van der Waals surface area contributed by atoms with Crippen LogP contribution in [0.25, 0.3) is 0 Å². The third-order valence-electron chi connectivity index (χ3n) is 4.58. The van der Waals surface area contributed by atoms with Crippen LogP contribution in [0.3, 0.4) is 0 Å². The van der Waals surface area contributed by atoms with E-state index in [1.165, 1.54) is 4.90 Å². The highest BCUT2D eigenvalue weighted by Crippen LogP contribution is 2.36. The van der Waals surface area contributed by atoms with Crippen molar-refractivity contribution in [3.8, 4) is 0 Å². The number of likely N-dealkylation sites (tertiary alicyclic amines) is 1. The molecule has 2 amide bonds. The molecular weight excluding hydrogens is 294 g/mol. The molecule has 0 unspecified atom stereocenters. The van der Waals surface area contributed by atoms with Crippen LogP contribution in [-0.2, 0) is 11.2 Å². The van der Waals surface area contributed by atoms with E-state index in [1.54, 1.807) is 17.1 Å². The second-order valence-electron chi connectivity index (χ2n) is 6.43. The molecule has 1 saturated heterocycles. The fraction of sp³-hybridized carbons (Fsp3) is 0.529. The minimum absolute atomic E-state index is 0.0303. The van der Waals surface area contributed by atoms with Gasteiger partial charge in [0.2, 0.25) is 5.91 Å². The van der Waals surface area contributed by atoms with Gasteiger partial charge in [-0.25, -0.2) is 9.80 Å². The van der Waals surface area contributed by atoms with Crippen LogP contribution in [0.15, 0.2) is 30.3 Å². The van der Waals surface area contributed by atoms with E-state index < -0.39 is 11.5 Å². The van der Waals surface area contributed by atoms with Crippen LogP contribution in [0.5, 0.6) is 0 Å². The van der Waals surface area contributed by atoms with Gasteiger partial charge in [0.05, 0.1) is 5.41 Å². The van der Waals surface area contributed by atoms with Gasteiger partial charge in [0.15, 0.2) is 0 Å². The van der Waals surface area contributed by atoms with Crippen molar-refractivity contribution in [2.24, 2.45) is 5.41 Å². The van der Waals surface area contributed by atoms with Gasteiger partial charge in [0.1, 0.15) is 0 Å². The summed E-state index contributed by atoms with van der Waals surface area (Å²) in [6, 6.07) is 9.81. The van der Waals surface area contributed by atoms with Crippen LogP contribution >= 0.6 is 0 Å². The molecule has 0 spiro atoms. The predicted molar refractivity (Wildman–Crippen MR) is 87.9 cm³/mol. The first-order chi connectivity index (χ1) is 10.9. The standard InChI is InChI=1S/C17H25N3O3/c1-18(2)19(3)15(21)17(12-14-8-5-4-6-9-14)10-7-11-20(13-17)16(22)23/h4-6,8-9H,7,10-13H2,1-3H3,(H,22,23)/t17-/m1/s1. The number of carbonyl (C=O) groups excluding carboxylic acids is 1. The molecule has 1 fully saturated rings. The van der Waals surface area contributed by atoms with E-state index in [0.29, 0.717) is 25.8 Å². The van der Waals surface area contributed by atoms with Gasteiger partial charge in [0, 0.05) is 34.2 Å². The molecule has 0 bridgehead atoms. The average molecular weight is 319 g/mol. The lowest BCUT2D eigenvalue weighted by Crippen LogP contribution is -2.56. The van der Waals surface area contributed by atoms with Gasteiger partial charge in [-0.15, -0.1) is 0 Å². The molecule has 0 radical (unpaired) electrons. The zero-order valence-corrected chi connectivity index (χ0v) is 14.0. The summed E-state index contributed by atoms with van der Waals surface area (Å²) in [5, 5.41) is 12.7. The lowest BCUT2D eigenvalue weighted by molar-refractivity contribution is -0.156. The number of piperidine rings is 1. The third kappa shape index (κ3) is 3.82. The van der Waals surface area contributed by atoms with Gasteiger partial charge >= 0.3 is 6.09 Å². The number of nitrogens with zero attached hydrogens (tertiary/aromatic N) is 3. The van der Waals surface area contributed by atoms with E-state index in [9.17, 15) is 14.7 Å². The van der Waals surface area contributed by atoms with Crippen LogP contribution in [0.1, 0.15) is 18.4 Å². The highest BCUT2D eigenvalue weighted by Gasteiger charge is 2.45. The topological polar surface area (TPSA) is 64.1 Å². The fourth-order valence-corrected chi connectivity index (χ4v) is 3.20. The van der Waals surface area contributed by atoms with Gasteiger partial charge in [-0.1, -0.05) is 30.3 Å². The number of amides is 2. The molecule has 0 aliphatic carbocycles. The van der Waals surface area contributed by atoms with Crippen molar-refractivity contribution in [1.82, 2.24) is 14.9 Å². The van der Waals surface area contributed by atoms with Crippen molar-refractivity contribution in [3.63, 3.8) is 0 Å².